The van der Waals surface area contributed by atoms with Crippen LogP contribution in [0.15, 0.2) is 0 Å². The Balaban J connectivity index is 3.39. The molecule has 0 spiro atoms. The monoisotopic (exact) mass is 244 g/mol. The second kappa shape index (κ2) is 6.90. The summed E-state index contributed by atoms with van der Waals surface area (Å²) in [5.74, 6) is 0. The van der Waals surface area contributed by atoms with E-state index < -0.39 is 6.10 Å². The molecular weight excluding hydrogens is 236 g/mol. The molecule has 0 rings (SSSR count). The van der Waals surface area contributed by atoms with Gasteiger partial charge in [-0.15, -0.1) is 0 Å². The van der Waals surface area contributed by atoms with Crippen LogP contribution in [0, 0.1) is 0 Å². The standard InChI is InChI=1S/C5H8O3S4/c6-3(1-7-4(9)10)2-8-5(11)12/h3,6H,1-2H2,(H,9,10)(H,11,12). The Morgan fingerprint density at radius 3 is 1.75 bits per heavy atom. The van der Waals surface area contributed by atoms with Crippen molar-refractivity contribution < 1.29 is 14.6 Å². The fraction of sp³-hybridized carbons (Fsp3) is 0.600. The number of thiol groups is 2. The van der Waals surface area contributed by atoms with Crippen LogP contribution in [0.4, 0.5) is 0 Å². The summed E-state index contributed by atoms with van der Waals surface area (Å²) in [5, 5.41) is 9.11. The maximum absolute atomic E-state index is 9.11. The molecular formula is C5H8O3S4. The Hall–Kier alpha value is 0.440. The number of aliphatic hydroxyl groups excluding tert-OH is 1. The molecule has 0 radical (unpaired) electrons. The Morgan fingerprint density at radius 2 is 1.50 bits per heavy atom. The largest absolute Gasteiger partial charge is 0.476 e. The minimum absolute atomic E-state index is 0.0404. The molecule has 0 bridgehead atoms. The maximum atomic E-state index is 9.11. The minimum atomic E-state index is -0.778. The van der Waals surface area contributed by atoms with E-state index in [9.17, 15) is 0 Å². The number of hydrogen-bond acceptors (Lipinski definition) is 5. The number of aliphatic hydroxyl groups is 1. The molecule has 0 saturated carbocycles. The smallest absolute Gasteiger partial charge is 0.216 e. The zero-order valence-corrected chi connectivity index (χ0v) is 9.39. The summed E-state index contributed by atoms with van der Waals surface area (Å²) in [7, 11) is 0. The highest BCUT2D eigenvalue weighted by atomic mass is 32.1. The van der Waals surface area contributed by atoms with Gasteiger partial charge in [0.15, 0.2) is 0 Å². The summed E-state index contributed by atoms with van der Waals surface area (Å²) in [6.07, 6.45) is -0.778. The van der Waals surface area contributed by atoms with Crippen LogP contribution in [0.25, 0.3) is 0 Å². The Labute approximate surface area is 92.2 Å². The Kier molecular flexibility index (Phi) is 7.16. The van der Waals surface area contributed by atoms with Crippen LogP contribution in [0.1, 0.15) is 0 Å². The van der Waals surface area contributed by atoms with Gasteiger partial charge in [0.05, 0.1) is 0 Å². The molecule has 1 N–H and O–H groups in total. The van der Waals surface area contributed by atoms with Crippen LogP contribution in [0.3, 0.4) is 0 Å². The number of ether oxygens (including phenoxy) is 2. The van der Waals surface area contributed by atoms with Gasteiger partial charge in [-0.1, -0.05) is 25.3 Å². The van der Waals surface area contributed by atoms with Gasteiger partial charge in [-0.25, -0.2) is 0 Å². The normalized spacial score (nSPS) is 9.67. The van der Waals surface area contributed by atoms with E-state index in [1.807, 2.05) is 0 Å². The molecule has 0 heterocycles. The minimum Gasteiger partial charge on any atom is -0.476 e. The average Bonchev–Trinajstić information content (AvgIpc) is 1.96. The van der Waals surface area contributed by atoms with Gasteiger partial charge in [-0.2, -0.15) is 0 Å². The molecule has 0 aliphatic carbocycles. The van der Waals surface area contributed by atoms with Crippen LogP contribution in [0.5, 0.6) is 0 Å². The molecule has 0 amide bonds. The molecule has 0 aromatic carbocycles. The van der Waals surface area contributed by atoms with E-state index in [0.717, 1.165) is 0 Å². The second-order valence-corrected chi connectivity index (χ2v) is 3.97. The average molecular weight is 244 g/mol. The van der Waals surface area contributed by atoms with Crippen molar-refractivity contribution in [2.75, 3.05) is 13.2 Å². The van der Waals surface area contributed by atoms with Crippen molar-refractivity contribution in [1.82, 2.24) is 0 Å². The SMILES string of the molecule is OC(COC(=S)S)COC(=S)S. The number of thiocarbonyl (C=S) groups is 2. The summed E-state index contributed by atoms with van der Waals surface area (Å²) in [4.78, 5) is 0. The highest BCUT2D eigenvalue weighted by Crippen LogP contribution is 1.94. The van der Waals surface area contributed by atoms with E-state index in [1.54, 1.807) is 0 Å². The van der Waals surface area contributed by atoms with Crippen LogP contribution < -0.4 is 0 Å². The molecule has 7 heteroatoms. The molecule has 70 valence electrons. The molecule has 3 nitrogen and oxygen atoms in total. The van der Waals surface area contributed by atoms with Gasteiger partial charge in [0, 0.05) is 0 Å². The lowest BCUT2D eigenvalue weighted by Gasteiger charge is -2.10. The highest BCUT2D eigenvalue weighted by Gasteiger charge is 2.05. The van der Waals surface area contributed by atoms with Crippen LogP contribution in [-0.2, 0) is 9.47 Å². The van der Waals surface area contributed by atoms with Crippen molar-refractivity contribution in [1.29, 1.82) is 0 Å². The van der Waals surface area contributed by atoms with Crippen molar-refractivity contribution in [3.05, 3.63) is 0 Å². The van der Waals surface area contributed by atoms with Gasteiger partial charge >= 0.3 is 0 Å². The van der Waals surface area contributed by atoms with E-state index in [-0.39, 0.29) is 22.0 Å². The summed E-state index contributed by atoms with van der Waals surface area (Å²) in [5.41, 5.74) is 0. The van der Waals surface area contributed by atoms with Gasteiger partial charge < -0.3 is 14.6 Å². The Morgan fingerprint density at radius 1 is 1.17 bits per heavy atom. The quantitative estimate of drug-likeness (QED) is 0.504. The van der Waals surface area contributed by atoms with E-state index in [0.29, 0.717) is 0 Å². The van der Waals surface area contributed by atoms with Crippen molar-refractivity contribution >= 4 is 58.5 Å². The zero-order valence-electron chi connectivity index (χ0n) is 5.97. The lowest BCUT2D eigenvalue weighted by Crippen LogP contribution is -2.22. The van der Waals surface area contributed by atoms with E-state index in [2.05, 4.69) is 49.7 Å². The van der Waals surface area contributed by atoms with Gasteiger partial charge in [-0.05, 0) is 24.4 Å². The molecule has 0 saturated heterocycles. The summed E-state index contributed by atoms with van der Waals surface area (Å²) >= 11 is 16.4. The number of rotatable bonds is 4. The molecule has 0 aromatic rings. The van der Waals surface area contributed by atoms with Gasteiger partial charge in [0.25, 0.3) is 0 Å². The predicted octanol–water partition coefficient (Wildman–Crippen LogP) is 0.810. The molecule has 0 aliphatic heterocycles. The molecule has 0 aromatic heterocycles. The van der Waals surface area contributed by atoms with E-state index in [4.69, 9.17) is 14.6 Å². The van der Waals surface area contributed by atoms with Crippen LogP contribution >= 0.6 is 49.7 Å². The highest BCUT2D eigenvalue weighted by molar-refractivity contribution is 8.10. The second-order valence-electron chi connectivity index (χ2n) is 1.81. The summed E-state index contributed by atoms with van der Waals surface area (Å²) < 4.78 is 9.64. The first-order chi connectivity index (χ1) is 5.52. The van der Waals surface area contributed by atoms with E-state index >= 15 is 0 Å². The first-order valence-corrected chi connectivity index (χ1v) is 4.63. The van der Waals surface area contributed by atoms with Gasteiger partial charge in [-0.3, -0.25) is 0 Å². The Bertz CT molecular complexity index is 154. The number of hydrogen-bond donors (Lipinski definition) is 3. The van der Waals surface area contributed by atoms with Crippen molar-refractivity contribution in [2.45, 2.75) is 6.10 Å². The first kappa shape index (κ1) is 12.4. The maximum Gasteiger partial charge on any atom is 0.216 e. The zero-order chi connectivity index (χ0) is 9.56. The third kappa shape index (κ3) is 8.54. The predicted molar refractivity (Wildman–Crippen MR) is 61.1 cm³/mol. The van der Waals surface area contributed by atoms with Crippen LogP contribution in [-0.4, -0.2) is 33.2 Å². The summed E-state index contributed by atoms with van der Waals surface area (Å²) in [6, 6.07) is 0. The lowest BCUT2D eigenvalue weighted by molar-refractivity contribution is 0.0600. The van der Waals surface area contributed by atoms with Crippen molar-refractivity contribution in [2.24, 2.45) is 0 Å². The third-order valence-corrected chi connectivity index (χ3v) is 1.29. The first-order valence-electron chi connectivity index (χ1n) is 2.92. The fourth-order valence-electron chi connectivity index (χ4n) is 0.383. The van der Waals surface area contributed by atoms with E-state index in [1.165, 1.54) is 0 Å². The molecule has 0 unspecified atom stereocenters. The molecule has 0 fully saturated rings. The van der Waals surface area contributed by atoms with Crippen molar-refractivity contribution in [3.63, 3.8) is 0 Å². The fourth-order valence-corrected chi connectivity index (χ4v) is 0.668. The third-order valence-electron chi connectivity index (χ3n) is 0.798. The lowest BCUT2D eigenvalue weighted by atomic mass is 10.4. The van der Waals surface area contributed by atoms with Gasteiger partial charge in [0.2, 0.25) is 8.77 Å². The molecule has 0 atom stereocenters. The topological polar surface area (TPSA) is 38.7 Å². The van der Waals surface area contributed by atoms with Crippen LogP contribution in [0.2, 0.25) is 0 Å². The molecule has 12 heavy (non-hydrogen) atoms. The molecule has 0 aliphatic rings. The van der Waals surface area contributed by atoms with Crippen molar-refractivity contribution in [3.8, 4) is 0 Å². The van der Waals surface area contributed by atoms with Gasteiger partial charge in [0.1, 0.15) is 19.3 Å². The summed E-state index contributed by atoms with van der Waals surface area (Å²) in [6.45, 7) is 0.0808.